The van der Waals surface area contributed by atoms with Gasteiger partial charge in [-0.3, -0.25) is 19.2 Å². The first kappa shape index (κ1) is 32.9. The molecule has 0 saturated heterocycles. The summed E-state index contributed by atoms with van der Waals surface area (Å²) in [5.74, 6) is -3.29. The van der Waals surface area contributed by atoms with Gasteiger partial charge in [0, 0.05) is 39.7 Å². The molecule has 4 unspecified atom stereocenters. The van der Waals surface area contributed by atoms with Crippen LogP contribution >= 0.6 is 0 Å². The normalized spacial score (nSPS) is 31.3. The Hall–Kier alpha value is -4.01. The van der Waals surface area contributed by atoms with Gasteiger partial charge in [-0.1, -0.05) is 57.7 Å². The Morgan fingerprint density at radius 1 is 0.886 bits per heavy atom. The summed E-state index contributed by atoms with van der Waals surface area (Å²) in [7, 11) is 0. The molecule has 2 saturated carbocycles. The molecular formula is C35H42O9. The quantitative estimate of drug-likeness (QED) is 0.183. The highest BCUT2D eigenvalue weighted by Crippen LogP contribution is 2.60. The minimum atomic E-state index is -1.17. The van der Waals surface area contributed by atoms with Gasteiger partial charge in [-0.2, -0.15) is 0 Å². The number of carbonyl (C=O) groups excluding carboxylic acids is 5. The minimum absolute atomic E-state index is 0.0475. The second-order valence-electron chi connectivity index (χ2n) is 12.9. The number of esters is 4. The van der Waals surface area contributed by atoms with E-state index in [2.05, 4.69) is 6.58 Å². The number of benzene rings is 1. The number of Topliss-reactive ketones (excluding diaryl/α,β-unsaturated/α-hetero) is 1. The van der Waals surface area contributed by atoms with Gasteiger partial charge in [0.05, 0.1) is 5.41 Å². The molecule has 0 spiro atoms. The number of hydrogen-bond donors (Lipinski definition) is 0. The van der Waals surface area contributed by atoms with Crippen molar-refractivity contribution >= 4 is 35.7 Å². The topological polar surface area (TPSA) is 122 Å². The van der Waals surface area contributed by atoms with Crippen LogP contribution in [0.15, 0.2) is 59.7 Å². The summed E-state index contributed by atoms with van der Waals surface area (Å²) >= 11 is 0. The van der Waals surface area contributed by atoms with Crippen molar-refractivity contribution in [1.82, 2.24) is 0 Å². The van der Waals surface area contributed by atoms with Crippen LogP contribution in [0.25, 0.3) is 6.08 Å². The maximum atomic E-state index is 13.4. The van der Waals surface area contributed by atoms with Gasteiger partial charge in [-0.05, 0) is 59.0 Å². The molecule has 236 valence electrons. The highest BCUT2D eigenvalue weighted by molar-refractivity contribution is 5.97. The second kappa shape index (κ2) is 12.5. The van der Waals surface area contributed by atoms with Gasteiger partial charge in [0.15, 0.2) is 18.0 Å². The van der Waals surface area contributed by atoms with Crippen molar-refractivity contribution in [3.8, 4) is 0 Å². The molecule has 1 aromatic carbocycles. The Morgan fingerprint density at radius 3 is 2.09 bits per heavy atom. The van der Waals surface area contributed by atoms with Gasteiger partial charge >= 0.3 is 23.9 Å². The SMILES string of the molecule is C=C1C(OC(=O)/C=C/c2ccccc2)CC(OC(C)=O)[C@@]2(C)C(OC(C)=O)C(OC(C)=O)C3=C(C)C(=O)C[C@@H](C[C@H]12)C3(C)C. The van der Waals surface area contributed by atoms with E-state index < -0.39 is 65.0 Å². The second-order valence-corrected chi connectivity index (χ2v) is 12.9. The number of carbonyl (C=O) groups is 5. The maximum absolute atomic E-state index is 13.4. The van der Waals surface area contributed by atoms with E-state index >= 15 is 0 Å². The number of ketones is 1. The minimum Gasteiger partial charge on any atom is -0.462 e. The third-order valence-electron chi connectivity index (χ3n) is 9.76. The highest BCUT2D eigenvalue weighted by atomic mass is 16.6. The average Bonchev–Trinajstić information content (AvgIpc) is 2.93. The largest absolute Gasteiger partial charge is 0.462 e. The fourth-order valence-electron chi connectivity index (χ4n) is 7.51. The zero-order valence-corrected chi connectivity index (χ0v) is 26.5. The van der Waals surface area contributed by atoms with E-state index in [4.69, 9.17) is 18.9 Å². The first-order valence-electron chi connectivity index (χ1n) is 15.0. The van der Waals surface area contributed by atoms with Crippen LogP contribution in [0.5, 0.6) is 0 Å². The molecule has 0 aliphatic heterocycles. The Labute approximate surface area is 258 Å². The molecule has 2 bridgehead atoms. The molecule has 4 rings (SSSR count). The van der Waals surface area contributed by atoms with Crippen molar-refractivity contribution in [3.05, 3.63) is 65.3 Å². The number of allylic oxidation sites excluding steroid dienone is 1. The lowest BCUT2D eigenvalue weighted by molar-refractivity contribution is -0.211. The lowest BCUT2D eigenvalue weighted by Gasteiger charge is -2.59. The lowest BCUT2D eigenvalue weighted by atomic mass is 9.49. The number of fused-ring (bicyclic) bond motifs is 3. The van der Waals surface area contributed by atoms with Gasteiger partial charge in [0.25, 0.3) is 0 Å². The third-order valence-corrected chi connectivity index (χ3v) is 9.76. The monoisotopic (exact) mass is 606 g/mol. The van der Waals surface area contributed by atoms with Crippen molar-refractivity contribution in [2.45, 2.75) is 92.1 Å². The summed E-state index contributed by atoms with van der Waals surface area (Å²) < 4.78 is 23.8. The Kier molecular flexibility index (Phi) is 9.37. The highest BCUT2D eigenvalue weighted by Gasteiger charge is 2.64. The fourth-order valence-corrected chi connectivity index (χ4v) is 7.51. The Balaban J connectivity index is 1.86. The fraction of sp³-hybridized carbons (Fsp3) is 0.514. The molecule has 3 aliphatic carbocycles. The maximum Gasteiger partial charge on any atom is 0.331 e. The molecule has 2 fully saturated rings. The summed E-state index contributed by atoms with van der Waals surface area (Å²) in [6.07, 6.45) is -0.379. The molecule has 44 heavy (non-hydrogen) atoms. The predicted octanol–water partition coefficient (Wildman–Crippen LogP) is 5.32. The van der Waals surface area contributed by atoms with Crippen molar-refractivity contribution < 1.29 is 42.9 Å². The van der Waals surface area contributed by atoms with Crippen LogP contribution in [0.4, 0.5) is 0 Å². The summed E-state index contributed by atoms with van der Waals surface area (Å²) in [5, 5.41) is 0. The molecule has 7 atom stereocenters. The van der Waals surface area contributed by atoms with E-state index in [0.717, 1.165) is 5.56 Å². The lowest BCUT2D eigenvalue weighted by Crippen LogP contribution is -2.64. The van der Waals surface area contributed by atoms with Crippen LogP contribution in [-0.4, -0.2) is 54.1 Å². The Bertz CT molecular complexity index is 1420. The molecule has 1 aromatic rings. The molecule has 0 heterocycles. The molecule has 9 heteroatoms. The Morgan fingerprint density at radius 2 is 1.50 bits per heavy atom. The van der Waals surface area contributed by atoms with Crippen LogP contribution in [-0.2, 0) is 42.9 Å². The first-order valence-corrected chi connectivity index (χ1v) is 15.0. The van der Waals surface area contributed by atoms with E-state index in [0.29, 0.717) is 23.1 Å². The van der Waals surface area contributed by atoms with Gasteiger partial charge < -0.3 is 18.9 Å². The predicted molar refractivity (Wildman–Crippen MR) is 162 cm³/mol. The van der Waals surface area contributed by atoms with Crippen LogP contribution in [0, 0.1) is 22.7 Å². The summed E-state index contributed by atoms with van der Waals surface area (Å²) in [6.45, 7) is 15.7. The number of rotatable bonds is 6. The van der Waals surface area contributed by atoms with Crippen LogP contribution < -0.4 is 0 Å². The van der Waals surface area contributed by atoms with Gasteiger partial charge in [0.2, 0.25) is 0 Å². The standard InChI is InChI=1S/C35H42O9/c1-19-26-16-25-17-27(39)20(2)31(34(25,6)7)32(42-22(4)37)33(43-23(5)38)35(26,8)29(41-21(3)36)18-28(19)44-30(40)15-14-24-12-10-9-11-13-24/h9-15,25-26,28-29,32-33H,1,16-18H2,2-8H3/b15-14+/t25-,26-,28?,29?,32?,33?,35+/m1/s1. The third kappa shape index (κ3) is 6.28. The molecule has 0 amide bonds. The smallest absolute Gasteiger partial charge is 0.331 e. The first-order chi connectivity index (χ1) is 20.6. The zero-order chi connectivity index (χ0) is 32.6. The summed E-state index contributed by atoms with van der Waals surface area (Å²) in [4.78, 5) is 64.2. The van der Waals surface area contributed by atoms with Crippen LogP contribution in [0.1, 0.15) is 73.3 Å². The van der Waals surface area contributed by atoms with Crippen LogP contribution in [0.2, 0.25) is 0 Å². The van der Waals surface area contributed by atoms with Gasteiger partial charge in [0.1, 0.15) is 12.2 Å². The van der Waals surface area contributed by atoms with E-state index in [1.54, 1.807) is 13.0 Å². The molecule has 0 aromatic heterocycles. The summed E-state index contributed by atoms with van der Waals surface area (Å²) in [5.41, 5.74) is 0.615. The molecular weight excluding hydrogens is 564 g/mol. The molecule has 9 nitrogen and oxygen atoms in total. The van der Waals surface area contributed by atoms with E-state index in [1.165, 1.54) is 26.8 Å². The van der Waals surface area contributed by atoms with Crippen LogP contribution in [0.3, 0.4) is 0 Å². The summed E-state index contributed by atoms with van der Waals surface area (Å²) in [6, 6.07) is 9.29. The molecule has 0 radical (unpaired) electrons. The van der Waals surface area contributed by atoms with Gasteiger partial charge in [-0.15, -0.1) is 0 Å². The van der Waals surface area contributed by atoms with E-state index in [-0.39, 0.29) is 24.5 Å². The van der Waals surface area contributed by atoms with Crippen molar-refractivity contribution in [1.29, 1.82) is 0 Å². The molecule has 3 aliphatic rings. The van der Waals surface area contributed by atoms with E-state index in [9.17, 15) is 24.0 Å². The van der Waals surface area contributed by atoms with Gasteiger partial charge in [-0.25, -0.2) is 4.79 Å². The van der Waals surface area contributed by atoms with Crippen molar-refractivity contribution in [2.75, 3.05) is 0 Å². The zero-order valence-electron chi connectivity index (χ0n) is 26.5. The molecule has 0 N–H and O–H groups in total. The number of hydrogen-bond acceptors (Lipinski definition) is 9. The number of ether oxygens (including phenoxy) is 4. The van der Waals surface area contributed by atoms with Crippen molar-refractivity contribution in [3.63, 3.8) is 0 Å². The average molecular weight is 607 g/mol. The van der Waals surface area contributed by atoms with E-state index in [1.807, 2.05) is 51.1 Å². The van der Waals surface area contributed by atoms with Crippen molar-refractivity contribution in [2.24, 2.45) is 22.7 Å².